The second-order valence-electron chi connectivity index (χ2n) is 11.8. The van der Waals surface area contributed by atoms with Crippen molar-refractivity contribution in [1.82, 2.24) is 19.6 Å². The molecular weight excluding hydrogens is 866 g/mol. The Labute approximate surface area is 348 Å². The quantitative estimate of drug-likeness (QED) is 0.114. The Morgan fingerprint density at radius 1 is 0.614 bits per heavy atom. The number of aromatic nitrogens is 4. The molecule has 0 spiro atoms. The number of hydrogen-bond donors (Lipinski definition) is 0. The van der Waals surface area contributed by atoms with E-state index in [-0.39, 0.29) is 56.5 Å². The van der Waals surface area contributed by atoms with Crippen LogP contribution in [0.1, 0.15) is 17.0 Å². The Morgan fingerprint density at radius 3 is 1.44 bits per heavy atom. The van der Waals surface area contributed by atoms with Crippen molar-refractivity contribution in [3.05, 3.63) is 140 Å². The number of halogens is 2. The molecule has 6 rings (SSSR count). The van der Waals surface area contributed by atoms with Gasteiger partial charge in [-0.25, -0.2) is 16.8 Å². The van der Waals surface area contributed by atoms with Crippen LogP contribution in [0.15, 0.2) is 125 Å². The molecule has 0 radical (unpaired) electrons. The minimum atomic E-state index is -3.51. The molecule has 0 unspecified atom stereocenters. The van der Waals surface area contributed by atoms with Crippen LogP contribution in [0.3, 0.4) is 0 Å². The Balaban J connectivity index is 0.000000374. The molecule has 0 bridgehead atoms. The van der Waals surface area contributed by atoms with E-state index >= 15 is 0 Å². The van der Waals surface area contributed by atoms with Crippen LogP contribution in [0.25, 0.3) is 11.4 Å². The number of sulfone groups is 2. The van der Waals surface area contributed by atoms with Gasteiger partial charge in [-0.15, -0.1) is 21.6 Å². The molecule has 6 aromatic rings. The van der Waals surface area contributed by atoms with Crippen LogP contribution in [-0.4, -0.2) is 44.2 Å². The maximum atomic E-state index is 12.6. The zero-order valence-electron chi connectivity index (χ0n) is 30.9. The minimum absolute atomic E-state index is 0. The van der Waals surface area contributed by atoms with Crippen LogP contribution in [0, 0.1) is 28.2 Å². The van der Waals surface area contributed by atoms with Crippen molar-refractivity contribution >= 4 is 65.6 Å². The third-order valence-corrected chi connectivity index (χ3v) is 10.3. The van der Waals surface area contributed by atoms with E-state index in [1.54, 1.807) is 75.4 Å². The number of hydrogen-bond acceptors (Lipinski definition) is 12. The zero-order chi connectivity index (χ0) is 39.5. The number of benzene rings is 4. The Morgan fingerprint density at radius 2 is 1.02 bits per heavy atom. The molecule has 4 aromatic carbocycles. The topological polar surface area (TPSA) is 243 Å². The Kier molecular flexibility index (Phi) is 16.3. The van der Waals surface area contributed by atoms with Gasteiger partial charge in [-0.3, -0.25) is 9.59 Å². The SMILES string of the molecule is Cc1[n-]n(-c2cccc(Cl)c2)c(=O)c1N=Nc1cc(S(C)(=O)=O)ccc1[O-].Cc1ccc(S(C)(=O)=O)cc1N=Nc1c(C)[n-]n(-c2cccc(Cl)c2)c1=O.[CH3-].[Co+3].[OH-]. The first-order valence-corrected chi connectivity index (χ1v) is 20.1. The van der Waals surface area contributed by atoms with Crippen LogP contribution in [0.4, 0.5) is 22.7 Å². The average Bonchev–Trinajstić information content (AvgIpc) is 3.55. The maximum absolute atomic E-state index is 12.6. The van der Waals surface area contributed by atoms with Crippen molar-refractivity contribution in [3.8, 4) is 17.1 Å². The standard InChI is InChI=1S/C18H17ClN4O3S.C17H15ClN4O4S.CH3.Co.H2O/c1-11-7-8-15(27(3,25)26)10-16(11)20-21-17-12(2)22-23(18(17)24)14-6-4-5-13(19)9-14;1-10-16(17(24)22(21-10)12-5-3-4-11(18)8-12)20-19-14-9-13(27(2,25)26)6-7-15(14)23;;;/h4-10H,1-3H3,(H,20,22,24);3-9H,1-2H3,(H2,19,20,21,23,24);1H3;;1H2/q;;-1;+3;/p-4. The smallest absolute Gasteiger partial charge is 0.871 e. The van der Waals surface area contributed by atoms with E-state index in [0.29, 0.717) is 38.5 Å². The fraction of sp³-hybridized carbons (Fsp3) is 0.139. The van der Waals surface area contributed by atoms with Gasteiger partial charge in [0.05, 0.1) is 21.2 Å². The van der Waals surface area contributed by atoms with E-state index in [1.807, 2.05) is 0 Å². The van der Waals surface area contributed by atoms with E-state index in [1.165, 1.54) is 22.9 Å². The van der Waals surface area contributed by atoms with Gasteiger partial charge in [-0.05, 0) is 73.2 Å². The molecule has 0 atom stereocenters. The molecule has 1 N–H and O–H groups in total. The van der Waals surface area contributed by atoms with Crippen molar-refractivity contribution < 1.29 is 44.2 Å². The first-order chi connectivity index (χ1) is 25.3. The predicted octanol–water partition coefficient (Wildman–Crippen LogP) is 6.80. The largest absolute Gasteiger partial charge is 3.00 e. The van der Waals surface area contributed by atoms with Gasteiger partial charge in [0.25, 0.3) is 11.1 Å². The van der Waals surface area contributed by atoms with Crippen molar-refractivity contribution in [2.24, 2.45) is 20.5 Å². The van der Waals surface area contributed by atoms with Gasteiger partial charge in [0.15, 0.2) is 19.7 Å². The fourth-order valence-corrected chi connectivity index (χ4v) is 6.38. The average molecular weight is 900 g/mol. The van der Waals surface area contributed by atoms with Crippen molar-refractivity contribution in [2.45, 2.75) is 30.6 Å². The summed E-state index contributed by atoms with van der Waals surface area (Å²) in [4.78, 5) is 25.3. The second-order valence-corrected chi connectivity index (χ2v) is 16.7. The molecule has 2 aromatic heterocycles. The molecule has 0 fully saturated rings. The molecule has 0 aliphatic rings. The number of nitrogens with zero attached hydrogens (tertiary/aromatic N) is 8. The van der Waals surface area contributed by atoms with E-state index < -0.39 is 36.5 Å². The monoisotopic (exact) mass is 898 g/mol. The van der Waals surface area contributed by atoms with E-state index in [4.69, 9.17) is 23.2 Å². The van der Waals surface area contributed by atoms with Gasteiger partial charge < -0.3 is 37.6 Å². The van der Waals surface area contributed by atoms with Crippen LogP contribution in [0.5, 0.6) is 5.75 Å². The zero-order valence-corrected chi connectivity index (χ0v) is 35.1. The summed E-state index contributed by atoms with van der Waals surface area (Å²) in [6.45, 7) is 5.00. The minimum Gasteiger partial charge on any atom is -0.871 e. The van der Waals surface area contributed by atoms with Gasteiger partial charge >= 0.3 is 16.8 Å². The molecular formula is C36H33Cl2CoN8O8S2-2. The van der Waals surface area contributed by atoms with Gasteiger partial charge in [-0.2, -0.15) is 10.2 Å². The van der Waals surface area contributed by atoms with Gasteiger partial charge in [0.2, 0.25) is 0 Å². The summed E-state index contributed by atoms with van der Waals surface area (Å²) >= 11 is 11.9. The van der Waals surface area contributed by atoms with E-state index in [9.17, 15) is 31.5 Å². The third-order valence-electron chi connectivity index (χ3n) is 7.56. The summed E-state index contributed by atoms with van der Waals surface area (Å²) in [5, 5.41) is 36.9. The molecule has 0 saturated heterocycles. The summed E-state index contributed by atoms with van der Waals surface area (Å²) in [6, 6.07) is 21.3. The Hall–Kier alpha value is -5.15. The van der Waals surface area contributed by atoms with Gasteiger partial charge in [0.1, 0.15) is 11.4 Å². The van der Waals surface area contributed by atoms with Gasteiger partial charge in [-0.1, -0.05) is 67.1 Å². The first-order valence-electron chi connectivity index (χ1n) is 15.5. The number of aryl methyl sites for hydroxylation is 3. The summed E-state index contributed by atoms with van der Waals surface area (Å²) in [7, 11) is -6.88. The molecule has 2 heterocycles. The van der Waals surface area contributed by atoms with Crippen LogP contribution in [-0.2, 0) is 36.5 Å². The van der Waals surface area contributed by atoms with E-state index in [2.05, 4.69) is 30.7 Å². The summed E-state index contributed by atoms with van der Waals surface area (Å²) in [5.41, 5.74) is 1.65. The number of azo groups is 2. The molecule has 0 aliphatic heterocycles. The number of rotatable bonds is 8. The first kappa shape index (κ1) is 48.0. The predicted molar refractivity (Wildman–Crippen MR) is 210 cm³/mol. The molecule has 302 valence electrons. The van der Waals surface area contributed by atoms with Crippen molar-refractivity contribution in [1.29, 1.82) is 0 Å². The Bertz CT molecular complexity index is 2620. The molecule has 57 heavy (non-hydrogen) atoms. The molecule has 0 aliphatic carbocycles. The maximum Gasteiger partial charge on any atom is 3.00 e. The van der Waals surface area contributed by atoms with Crippen molar-refractivity contribution in [3.63, 3.8) is 0 Å². The molecule has 0 saturated carbocycles. The van der Waals surface area contributed by atoms with Crippen LogP contribution in [0.2, 0.25) is 10.0 Å². The van der Waals surface area contributed by atoms with Crippen LogP contribution >= 0.6 is 23.2 Å². The van der Waals surface area contributed by atoms with Crippen molar-refractivity contribution in [2.75, 3.05) is 12.5 Å². The normalized spacial score (nSPS) is 11.4. The molecule has 16 nitrogen and oxygen atoms in total. The summed E-state index contributed by atoms with van der Waals surface area (Å²) in [5.74, 6) is -0.515. The van der Waals surface area contributed by atoms with E-state index in [0.717, 1.165) is 34.9 Å². The summed E-state index contributed by atoms with van der Waals surface area (Å²) < 4.78 is 49.0. The van der Waals surface area contributed by atoms with Crippen LogP contribution < -0.4 is 26.4 Å². The summed E-state index contributed by atoms with van der Waals surface area (Å²) in [6.07, 6.45) is 2.14. The fourth-order valence-electron chi connectivity index (χ4n) is 4.73. The van der Waals surface area contributed by atoms with Gasteiger partial charge in [0, 0.05) is 33.9 Å². The molecule has 21 heteroatoms. The second kappa shape index (κ2) is 19.3. The third kappa shape index (κ3) is 11.5. The molecule has 0 amide bonds.